The third-order valence-corrected chi connectivity index (χ3v) is 2.53. The van der Waals surface area contributed by atoms with E-state index < -0.39 is 5.82 Å². The van der Waals surface area contributed by atoms with Gasteiger partial charge in [-0.05, 0) is 34.7 Å². The first-order chi connectivity index (χ1) is 5.16. The number of benzene rings is 1. The fourth-order valence-electron chi connectivity index (χ4n) is 0.630. The molecule has 0 aliphatic heterocycles. The predicted octanol–water partition coefficient (Wildman–Crippen LogP) is 2.96. The normalized spacial score (nSPS) is 9.27. The SMILES string of the molecule is N#Cc1c(Cl)ccc(F)c1I. The zero-order chi connectivity index (χ0) is 8.43. The zero-order valence-corrected chi connectivity index (χ0v) is 8.15. The van der Waals surface area contributed by atoms with Gasteiger partial charge in [-0.1, -0.05) is 11.6 Å². The third-order valence-electron chi connectivity index (χ3n) is 1.16. The van der Waals surface area contributed by atoms with Gasteiger partial charge in [-0.25, -0.2) is 4.39 Å². The van der Waals surface area contributed by atoms with Gasteiger partial charge < -0.3 is 0 Å². The topological polar surface area (TPSA) is 23.8 Å². The van der Waals surface area contributed by atoms with Crippen molar-refractivity contribution < 1.29 is 4.39 Å². The highest BCUT2D eigenvalue weighted by Gasteiger charge is 2.08. The molecular weight excluding hydrogens is 279 g/mol. The van der Waals surface area contributed by atoms with Gasteiger partial charge in [0.05, 0.1) is 14.2 Å². The maximum atomic E-state index is 12.7. The monoisotopic (exact) mass is 281 g/mol. The lowest BCUT2D eigenvalue weighted by Crippen LogP contribution is -1.87. The van der Waals surface area contributed by atoms with Crippen molar-refractivity contribution in [2.45, 2.75) is 0 Å². The minimum Gasteiger partial charge on any atom is -0.206 e. The van der Waals surface area contributed by atoms with Crippen molar-refractivity contribution in [2.24, 2.45) is 0 Å². The molecule has 56 valence electrons. The van der Waals surface area contributed by atoms with Gasteiger partial charge in [0.2, 0.25) is 0 Å². The summed E-state index contributed by atoms with van der Waals surface area (Å²) in [6, 6.07) is 4.44. The number of nitriles is 1. The number of nitrogens with zero attached hydrogens (tertiary/aromatic N) is 1. The summed E-state index contributed by atoms with van der Waals surface area (Å²) in [4.78, 5) is 0. The van der Waals surface area contributed by atoms with Gasteiger partial charge in [0, 0.05) is 0 Å². The molecule has 1 aromatic carbocycles. The molecule has 1 nitrogen and oxygen atoms in total. The summed E-state index contributed by atoms with van der Waals surface area (Å²) in [6.45, 7) is 0. The first-order valence-corrected chi connectivity index (χ1v) is 4.16. The van der Waals surface area contributed by atoms with Crippen molar-refractivity contribution in [2.75, 3.05) is 0 Å². The van der Waals surface area contributed by atoms with E-state index in [1.54, 1.807) is 22.6 Å². The Kier molecular flexibility index (Phi) is 2.68. The fraction of sp³-hybridized carbons (Fsp3) is 0. The Bertz CT molecular complexity index is 332. The van der Waals surface area contributed by atoms with Crippen LogP contribution in [0.2, 0.25) is 5.02 Å². The van der Waals surface area contributed by atoms with Gasteiger partial charge in [0.15, 0.2) is 0 Å². The first kappa shape index (κ1) is 8.75. The molecule has 0 amide bonds. The average Bonchev–Trinajstić information content (AvgIpc) is 1.99. The second kappa shape index (κ2) is 3.37. The van der Waals surface area contributed by atoms with E-state index in [1.807, 2.05) is 6.07 Å². The molecule has 0 atom stereocenters. The van der Waals surface area contributed by atoms with Crippen LogP contribution in [0.15, 0.2) is 12.1 Å². The number of halogens is 3. The van der Waals surface area contributed by atoms with Crippen molar-refractivity contribution in [3.05, 3.63) is 32.1 Å². The van der Waals surface area contributed by atoms with Crippen LogP contribution < -0.4 is 0 Å². The Hall–Kier alpha value is -0.340. The first-order valence-electron chi connectivity index (χ1n) is 2.70. The predicted molar refractivity (Wildman–Crippen MR) is 48.8 cm³/mol. The number of rotatable bonds is 0. The Balaban J connectivity index is 3.44. The summed E-state index contributed by atoms with van der Waals surface area (Å²) in [5, 5.41) is 8.81. The lowest BCUT2D eigenvalue weighted by Gasteiger charge is -1.97. The van der Waals surface area contributed by atoms with Crippen molar-refractivity contribution >= 4 is 34.2 Å². The quantitative estimate of drug-likeness (QED) is 0.530. The Morgan fingerprint density at radius 3 is 2.64 bits per heavy atom. The molecule has 0 spiro atoms. The minimum atomic E-state index is -0.411. The van der Waals surface area contributed by atoms with Crippen LogP contribution >= 0.6 is 34.2 Å². The molecule has 0 fully saturated rings. The molecular formula is C7H2ClFIN. The molecule has 0 heterocycles. The maximum Gasteiger partial charge on any atom is 0.137 e. The summed E-state index contributed by atoms with van der Waals surface area (Å²) in [5.41, 5.74) is 0.201. The molecule has 1 rings (SSSR count). The molecule has 1 aromatic rings. The van der Waals surface area contributed by atoms with E-state index in [-0.39, 0.29) is 9.13 Å². The van der Waals surface area contributed by atoms with Crippen LogP contribution in [0.1, 0.15) is 5.56 Å². The van der Waals surface area contributed by atoms with E-state index in [4.69, 9.17) is 16.9 Å². The Labute approximate surface area is 81.9 Å². The van der Waals surface area contributed by atoms with Crippen molar-refractivity contribution in [3.8, 4) is 6.07 Å². The minimum absolute atomic E-state index is 0.201. The van der Waals surface area contributed by atoms with Crippen molar-refractivity contribution in [3.63, 3.8) is 0 Å². The largest absolute Gasteiger partial charge is 0.206 e. The van der Waals surface area contributed by atoms with Gasteiger partial charge in [-0.3, -0.25) is 0 Å². The van der Waals surface area contributed by atoms with Crippen LogP contribution in [-0.4, -0.2) is 0 Å². The number of hydrogen-bond acceptors (Lipinski definition) is 1. The van der Waals surface area contributed by atoms with Gasteiger partial charge in [-0.2, -0.15) is 5.26 Å². The second-order valence-corrected chi connectivity index (χ2v) is 3.32. The van der Waals surface area contributed by atoms with Crippen LogP contribution in [0.4, 0.5) is 4.39 Å². The molecule has 4 heteroatoms. The fourth-order valence-corrected chi connectivity index (χ4v) is 1.58. The Morgan fingerprint density at radius 1 is 1.55 bits per heavy atom. The molecule has 0 saturated heterocycles. The van der Waals surface area contributed by atoms with Gasteiger partial charge in [0.1, 0.15) is 11.9 Å². The van der Waals surface area contributed by atoms with Gasteiger partial charge >= 0.3 is 0 Å². The van der Waals surface area contributed by atoms with Crippen molar-refractivity contribution in [1.29, 1.82) is 5.26 Å². The van der Waals surface area contributed by atoms with Gasteiger partial charge in [-0.15, -0.1) is 0 Å². The lowest BCUT2D eigenvalue weighted by molar-refractivity contribution is 0.620. The molecule has 11 heavy (non-hydrogen) atoms. The molecule has 0 aliphatic carbocycles. The van der Waals surface area contributed by atoms with Crippen LogP contribution in [0, 0.1) is 20.7 Å². The molecule has 0 saturated carbocycles. The third kappa shape index (κ3) is 1.63. The van der Waals surface area contributed by atoms with Crippen LogP contribution in [-0.2, 0) is 0 Å². The Morgan fingerprint density at radius 2 is 2.18 bits per heavy atom. The van der Waals surface area contributed by atoms with E-state index in [0.29, 0.717) is 5.02 Å². The zero-order valence-electron chi connectivity index (χ0n) is 5.24. The second-order valence-electron chi connectivity index (χ2n) is 1.83. The highest BCUT2D eigenvalue weighted by atomic mass is 127. The van der Waals surface area contributed by atoms with E-state index in [1.165, 1.54) is 12.1 Å². The maximum absolute atomic E-state index is 12.7. The molecule has 0 aliphatic rings. The van der Waals surface area contributed by atoms with E-state index in [2.05, 4.69) is 0 Å². The highest BCUT2D eigenvalue weighted by Crippen LogP contribution is 2.22. The summed E-state index contributed by atoms with van der Waals surface area (Å²) in [7, 11) is 0. The van der Waals surface area contributed by atoms with E-state index in [9.17, 15) is 4.39 Å². The molecule has 0 aromatic heterocycles. The van der Waals surface area contributed by atoms with Crippen molar-refractivity contribution in [1.82, 2.24) is 0 Å². The molecule has 0 N–H and O–H groups in total. The summed E-state index contributed by atoms with van der Waals surface area (Å²) < 4.78 is 13.0. The van der Waals surface area contributed by atoms with Gasteiger partial charge in [0.25, 0.3) is 0 Å². The van der Waals surface area contributed by atoms with E-state index >= 15 is 0 Å². The summed E-state index contributed by atoms with van der Waals surface area (Å²) in [6.07, 6.45) is 0. The van der Waals surface area contributed by atoms with E-state index in [0.717, 1.165) is 0 Å². The highest BCUT2D eigenvalue weighted by molar-refractivity contribution is 14.1. The molecule has 0 unspecified atom stereocenters. The average molecular weight is 281 g/mol. The number of hydrogen-bond donors (Lipinski definition) is 0. The lowest BCUT2D eigenvalue weighted by atomic mass is 10.2. The van der Waals surface area contributed by atoms with Crippen LogP contribution in [0.5, 0.6) is 0 Å². The standard InChI is InChI=1S/C7H2ClFIN/c8-5-1-2-6(9)7(10)4(5)3-11/h1-2H. The molecule has 0 bridgehead atoms. The summed E-state index contributed by atoms with van der Waals surface area (Å²) >= 11 is 7.36. The smallest absolute Gasteiger partial charge is 0.137 e. The molecule has 0 radical (unpaired) electrons. The van der Waals surface area contributed by atoms with Crippen LogP contribution in [0.3, 0.4) is 0 Å². The van der Waals surface area contributed by atoms with Crippen LogP contribution in [0.25, 0.3) is 0 Å². The summed E-state index contributed by atoms with van der Waals surface area (Å²) in [5.74, 6) is -0.411.